The summed E-state index contributed by atoms with van der Waals surface area (Å²) < 4.78 is 5.63. The predicted molar refractivity (Wildman–Crippen MR) is 120 cm³/mol. The van der Waals surface area contributed by atoms with Crippen molar-refractivity contribution in [2.24, 2.45) is 0 Å². The standard InChI is InChI=1S/C24H38N2O5/c1-4-10-26(11-5-2)24(30)19-13-17(3)12-18(14-19)23(29)25-15-21(27)22(28)16-31-20-8-6-7-9-20/h12-14,20-22,27-28H,4-11,15-16H2,1-3H3,(H,25,29). The Balaban J connectivity index is 1.94. The van der Waals surface area contributed by atoms with E-state index in [9.17, 15) is 19.8 Å². The fraction of sp³-hybridized carbons (Fsp3) is 0.667. The van der Waals surface area contributed by atoms with E-state index in [1.165, 1.54) is 0 Å². The minimum atomic E-state index is -1.12. The molecule has 174 valence electrons. The molecule has 0 aliphatic heterocycles. The number of ether oxygens (including phenoxy) is 1. The Morgan fingerprint density at radius 1 is 1.06 bits per heavy atom. The highest BCUT2D eigenvalue weighted by molar-refractivity contribution is 6.00. The van der Waals surface area contributed by atoms with Crippen LogP contribution in [-0.2, 0) is 4.74 Å². The van der Waals surface area contributed by atoms with Gasteiger partial charge in [-0.25, -0.2) is 0 Å². The van der Waals surface area contributed by atoms with E-state index in [1.807, 2.05) is 20.8 Å². The Labute approximate surface area is 185 Å². The van der Waals surface area contributed by atoms with Gasteiger partial charge >= 0.3 is 0 Å². The zero-order valence-electron chi connectivity index (χ0n) is 19.1. The number of nitrogens with zero attached hydrogens (tertiary/aromatic N) is 1. The van der Waals surface area contributed by atoms with Crippen molar-refractivity contribution in [3.8, 4) is 0 Å². The van der Waals surface area contributed by atoms with Crippen molar-refractivity contribution in [1.29, 1.82) is 0 Å². The Hall–Kier alpha value is -1.96. The van der Waals surface area contributed by atoms with Gasteiger partial charge in [0.2, 0.25) is 0 Å². The van der Waals surface area contributed by atoms with Gasteiger partial charge in [-0.2, -0.15) is 0 Å². The molecule has 0 saturated heterocycles. The van der Waals surface area contributed by atoms with Gasteiger partial charge in [-0.1, -0.05) is 26.7 Å². The normalized spacial score (nSPS) is 16.2. The second-order valence-corrected chi connectivity index (χ2v) is 8.46. The van der Waals surface area contributed by atoms with E-state index >= 15 is 0 Å². The van der Waals surface area contributed by atoms with Crippen LogP contribution in [0.15, 0.2) is 18.2 Å². The molecule has 1 fully saturated rings. The van der Waals surface area contributed by atoms with Crippen LogP contribution >= 0.6 is 0 Å². The van der Waals surface area contributed by atoms with Gasteiger partial charge in [0, 0.05) is 30.8 Å². The van der Waals surface area contributed by atoms with Gasteiger partial charge in [-0.3, -0.25) is 9.59 Å². The van der Waals surface area contributed by atoms with Crippen LogP contribution in [0.5, 0.6) is 0 Å². The van der Waals surface area contributed by atoms with Crippen LogP contribution in [-0.4, -0.2) is 71.5 Å². The van der Waals surface area contributed by atoms with Crippen molar-refractivity contribution in [2.75, 3.05) is 26.2 Å². The third-order valence-corrected chi connectivity index (χ3v) is 5.58. The highest BCUT2D eigenvalue weighted by atomic mass is 16.5. The summed E-state index contributed by atoms with van der Waals surface area (Å²) in [5.41, 5.74) is 1.66. The molecule has 1 aliphatic rings. The van der Waals surface area contributed by atoms with E-state index in [0.29, 0.717) is 24.2 Å². The first-order valence-corrected chi connectivity index (χ1v) is 11.5. The maximum atomic E-state index is 12.9. The monoisotopic (exact) mass is 434 g/mol. The summed E-state index contributed by atoms with van der Waals surface area (Å²) in [6.07, 6.45) is 3.95. The van der Waals surface area contributed by atoms with Crippen molar-refractivity contribution < 1.29 is 24.5 Å². The number of carbonyl (C=O) groups excluding carboxylic acids is 2. The molecule has 2 rings (SSSR count). The molecule has 7 heteroatoms. The lowest BCUT2D eigenvalue weighted by molar-refractivity contribution is -0.0574. The summed E-state index contributed by atoms with van der Waals surface area (Å²) in [6, 6.07) is 5.09. The molecule has 3 N–H and O–H groups in total. The average molecular weight is 435 g/mol. The Morgan fingerprint density at radius 3 is 2.29 bits per heavy atom. The molecule has 2 atom stereocenters. The summed E-state index contributed by atoms with van der Waals surface area (Å²) in [6.45, 7) is 7.21. The van der Waals surface area contributed by atoms with Crippen molar-refractivity contribution in [3.05, 3.63) is 34.9 Å². The molecule has 1 aliphatic carbocycles. The van der Waals surface area contributed by atoms with Crippen LogP contribution in [0.2, 0.25) is 0 Å². The van der Waals surface area contributed by atoms with Crippen molar-refractivity contribution in [3.63, 3.8) is 0 Å². The van der Waals surface area contributed by atoms with Crippen molar-refractivity contribution >= 4 is 11.8 Å². The van der Waals surface area contributed by atoms with Gasteiger partial charge < -0.3 is 25.2 Å². The molecule has 0 radical (unpaired) electrons. The molecular weight excluding hydrogens is 396 g/mol. The van der Waals surface area contributed by atoms with E-state index < -0.39 is 18.1 Å². The Kier molecular flexibility index (Phi) is 10.4. The van der Waals surface area contributed by atoms with E-state index in [2.05, 4.69) is 5.32 Å². The van der Waals surface area contributed by atoms with Gasteiger partial charge in [0.25, 0.3) is 11.8 Å². The first kappa shape index (κ1) is 25.3. The van der Waals surface area contributed by atoms with E-state index in [0.717, 1.165) is 44.1 Å². The second kappa shape index (κ2) is 12.8. The number of carbonyl (C=O) groups is 2. The quantitative estimate of drug-likeness (QED) is 0.470. The number of hydrogen-bond acceptors (Lipinski definition) is 5. The first-order chi connectivity index (χ1) is 14.8. The molecule has 1 aromatic carbocycles. The third kappa shape index (κ3) is 7.91. The number of nitrogens with one attached hydrogen (secondary N) is 1. The maximum absolute atomic E-state index is 12.9. The molecule has 31 heavy (non-hydrogen) atoms. The fourth-order valence-corrected chi connectivity index (χ4v) is 3.91. The van der Waals surface area contributed by atoms with Crippen LogP contribution in [0, 0.1) is 6.92 Å². The van der Waals surface area contributed by atoms with E-state index in [-0.39, 0.29) is 25.2 Å². The van der Waals surface area contributed by atoms with E-state index in [4.69, 9.17) is 4.74 Å². The molecule has 0 spiro atoms. The van der Waals surface area contributed by atoms with Crippen LogP contribution < -0.4 is 5.32 Å². The number of rotatable bonds is 12. The van der Waals surface area contributed by atoms with Crippen LogP contribution in [0.25, 0.3) is 0 Å². The number of amides is 2. The molecule has 7 nitrogen and oxygen atoms in total. The topological polar surface area (TPSA) is 99.1 Å². The summed E-state index contributed by atoms with van der Waals surface area (Å²) in [7, 11) is 0. The SMILES string of the molecule is CCCN(CCC)C(=O)c1cc(C)cc(C(=O)NCC(O)C(O)COC2CCCC2)c1. The molecule has 1 aromatic rings. The van der Waals surface area contributed by atoms with Gasteiger partial charge in [0.15, 0.2) is 0 Å². The summed E-state index contributed by atoms with van der Waals surface area (Å²) in [5.74, 6) is -0.473. The lowest BCUT2D eigenvalue weighted by Crippen LogP contribution is -2.41. The van der Waals surface area contributed by atoms with Gasteiger partial charge in [0.1, 0.15) is 6.10 Å². The first-order valence-electron chi connectivity index (χ1n) is 11.5. The molecule has 1 saturated carbocycles. The summed E-state index contributed by atoms with van der Waals surface area (Å²) in [4.78, 5) is 27.3. The average Bonchev–Trinajstić information content (AvgIpc) is 3.28. The van der Waals surface area contributed by atoms with Crippen LogP contribution in [0.3, 0.4) is 0 Å². The number of aliphatic hydroxyl groups is 2. The highest BCUT2D eigenvalue weighted by Crippen LogP contribution is 2.21. The smallest absolute Gasteiger partial charge is 0.253 e. The zero-order chi connectivity index (χ0) is 22.8. The minimum Gasteiger partial charge on any atom is -0.388 e. The number of benzene rings is 1. The number of aryl methyl sites for hydroxylation is 1. The predicted octanol–water partition coefficient (Wildman–Crippen LogP) is 2.67. The molecule has 0 aromatic heterocycles. The number of hydrogen-bond donors (Lipinski definition) is 3. The minimum absolute atomic E-state index is 0.0511. The second-order valence-electron chi connectivity index (χ2n) is 8.46. The lowest BCUT2D eigenvalue weighted by Gasteiger charge is -2.22. The van der Waals surface area contributed by atoms with Gasteiger partial charge in [0.05, 0.1) is 18.8 Å². The van der Waals surface area contributed by atoms with E-state index in [1.54, 1.807) is 23.1 Å². The molecular formula is C24H38N2O5. The Bertz CT molecular complexity index is 712. The van der Waals surface area contributed by atoms with Crippen LogP contribution in [0.1, 0.15) is 78.7 Å². The molecule has 2 unspecified atom stereocenters. The largest absolute Gasteiger partial charge is 0.388 e. The van der Waals surface area contributed by atoms with Gasteiger partial charge in [-0.15, -0.1) is 0 Å². The lowest BCUT2D eigenvalue weighted by atomic mass is 10.0. The molecule has 0 heterocycles. The fourth-order valence-electron chi connectivity index (χ4n) is 3.91. The summed E-state index contributed by atoms with van der Waals surface area (Å²) >= 11 is 0. The van der Waals surface area contributed by atoms with Crippen molar-refractivity contribution in [2.45, 2.75) is 77.6 Å². The van der Waals surface area contributed by atoms with Gasteiger partial charge in [-0.05, 0) is 56.4 Å². The zero-order valence-corrected chi connectivity index (χ0v) is 19.1. The molecule has 0 bridgehead atoms. The summed E-state index contributed by atoms with van der Waals surface area (Å²) in [5, 5.41) is 22.9. The number of aliphatic hydroxyl groups excluding tert-OH is 2. The highest BCUT2D eigenvalue weighted by Gasteiger charge is 2.22. The molecule has 2 amide bonds. The van der Waals surface area contributed by atoms with Crippen LogP contribution in [0.4, 0.5) is 0 Å². The third-order valence-electron chi connectivity index (χ3n) is 5.58. The van der Waals surface area contributed by atoms with Crippen molar-refractivity contribution in [1.82, 2.24) is 10.2 Å². The maximum Gasteiger partial charge on any atom is 0.253 e. The Morgan fingerprint density at radius 2 is 1.68 bits per heavy atom.